The van der Waals surface area contributed by atoms with Gasteiger partial charge in [0.1, 0.15) is 6.04 Å². The number of nitriles is 1. The van der Waals surface area contributed by atoms with Gasteiger partial charge in [0.15, 0.2) is 6.54 Å². The first-order valence-corrected chi connectivity index (χ1v) is 9.89. The minimum Gasteiger partial charge on any atom is -0.332 e. The lowest BCUT2D eigenvalue weighted by atomic mass is 10.0. The lowest BCUT2D eigenvalue weighted by molar-refractivity contribution is -0.686. The number of hydrogen-bond acceptors (Lipinski definition) is 3. The predicted octanol–water partition coefficient (Wildman–Crippen LogP) is 3.72. The molecule has 2 aromatic rings. The molecule has 25 heavy (non-hydrogen) atoms. The number of nitrogens with zero attached hydrogens (tertiary/aromatic N) is 1. The molecule has 0 spiro atoms. The standard InChI is InChI=1S/C19H20BrN3OS/c1-2-16(14-7-9-15(20)10-8-14)22-13-19(24)23-17-5-3-4-6-18(17)25-12-11-21/h3-10,16,22H,2,12-13H2,1H3,(H,23,24)/p+1/t16-/m1/s1. The molecule has 1 amide bonds. The third-order valence-corrected chi connectivity index (χ3v) is 5.25. The maximum Gasteiger partial charge on any atom is 0.279 e. The number of halogens is 1. The Labute approximate surface area is 161 Å². The molecule has 0 heterocycles. The van der Waals surface area contributed by atoms with Gasteiger partial charge >= 0.3 is 0 Å². The van der Waals surface area contributed by atoms with E-state index >= 15 is 0 Å². The molecule has 130 valence electrons. The van der Waals surface area contributed by atoms with Gasteiger partial charge < -0.3 is 10.6 Å². The van der Waals surface area contributed by atoms with Crippen LogP contribution in [0.15, 0.2) is 57.9 Å². The molecule has 0 fully saturated rings. The van der Waals surface area contributed by atoms with Crippen molar-refractivity contribution in [3.63, 3.8) is 0 Å². The second-order valence-corrected chi connectivity index (χ2v) is 7.43. The number of rotatable bonds is 8. The van der Waals surface area contributed by atoms with Crippen LogP contribution in [0, 0.1) is 11.3 Å². The van der Waals surface area contributed by atoms with Crippen molar-refractivity contribution < 1.29 is 10.1 Å². The number of nitrogens with two attached hydrogens (primary N) is 1. The Balaban J connectivity index is 1.94. The van der Waals surface area contributed by atoms with E-state index in [-0.39, 0.29) is 11.9 Å². The molecule has 3 N–H and O–H groups in total. The number of amides is 1. The Hall–Kier alpha value is -1.81. The van der Waals surface area contributed by atoms with Crippen molar-refractivity contribution in [1.29, 1.82) is 5.26 Å². The number of nitrogens with one attached hydrogen (secondary N) is 1. The SMILES string of the molecule is CC[C@@H]([NH2+]CC(=O)Nc1ccccc1SCC#N)c1ccc(Br)cc1. The van der Waals surface area contributed by atoms with Crippen LogP contribution in [0.1, 0.15) is 24.9 Å². The highest BCUT2D eigenvalue weighted by atomic mass is 79.9. The summed E-state index contributed by atoms with van der Waals surface area (Å²) in [7, 11) is 0. The molecule has 0 saturated heterocycles. The van der Waals surface area contributed by atoms with Crippen LogP contribution in [0.25, 0.3) is 0 Å². The van der Waals surface area contributed by atoms with Crippen LogP contribution in [0.2, 0.25) is 0 Å². The molecule has 1 atom stereocenters. The monoisotopic (exact) mass is 418 g/mol. The Kier molecular flexibility index (Phi) is 7.99. The second-order valence-electron chi connectivity index (χ2n) is 5.50. The minimum atomic E-state index is -0.0411. The highest BCUT2D eigenvalue weighted by Crippen LogP contribution is 2.26. The van der Waals surface area contributed by atoms with Crippen LogP contribution in [0.5, 0.6) is 0 Å². The number of carbonyl (C=O) groups excluding carboxylic acids is 1. The van der Waals surface area contributed by atoms with Crippen molar-refractivity contribution in [3.8, 4) is 6.07 Å². The number of quaternary nitrogens is 1. The zero-order chi connectivity index (χ0) is 18.1. The highest BCUT2D eigenvalue weighted by Gasteiger charge is 2.15. The summed E-state index contributed by atoms with van der Waals surface area (Å²) in [5.41, 5.74) is 1.97. The summed E-state index contributed by atoms with van der Waals surface area (Å²) >= 11 is 4.87. The van der Waals surface area contributed by atoms with Crippen molar-refractivity contribution in [2.45, 2.75) is 24.3 Å². The molecule has 0 aliphatic carbocycles. The summed E-state index contributed by atoms with van der Waals surface area (Å²) in [6.45, 7) is 2.47. The first kappa shape index (κ1) is 19.5. The first-order valence-electron chi connectivity index (χ1n) is 8.11. The Morgan fingerprint density at radius 1 is 1.28 bits per heavy atom. The summed E-state index contributed by atoms with van der Waals surface area (Å²) in [5.74, 6) is 0.320. The van der Waals surface area contributed by atoms with E-state index in [0.717, 1.165) is 21.5 Å². The van der Waals surface area contributed by atoms with Gasteiger partial charge in [0.2, 0.25) is 0 Å². The van der Waals surface area contributed by atoms with Crippen molar-refractivity contribution >= 4 is 39.3 Å². The molecule has 0 radical (unpaired) electrons. The van der Waals surface area contributed by atoms with Crippen LogP contribution in [0.4, 0.5) is 5.69 Å². The molecular weight excluding hydrogens is 398 g/mol. The van der Waals surface area contributed by atoms with E-state index in [1.807, 2.05) is 36.4 Å². The molecular formula is C19H21BrN3OS+. The molecule has 0 aromatic heterocycles. The molecule has 0 aliphatic rings. The normalized spacial score (nSPS) is 11.6. The Bertz CT molecular complexity index is 743. The maximum absolute atomic E-state index is 12.3. The molecule has 0 unspecified atom stereocenters. The van der Waals surface area contributed by atoms with Gasteiger partial charge in [-0.2, -0.15) is 5.26 Å². The predicted molar refractivity (Wildman–Crippen MR) is 105 cm³/mol. The second kappa shape index (κ2) is 10.2. The van der Waals surface area contributed by atoms with E-state index in [4.69, 9.17) is 5.26 Å². The lowest BCUT2D eigenvalue weighted by Gasteiger charge is -2.15. The van der Waals surface area contributed by atoms with Gasteiger partial charge in [-0.3, -0.25) is 4.79 Å². The summed E-state index contributed by atoms with van der Waals surface area (Å²) in [6, 6.07) is 18.1. The summed E-state index contributed by atoms with van der Waals surface area (Å²) in [5, 5.41) is 13.7. The lowest BCUT2D eigenvalue weighted by Crippen LogP contribution is -2.87. The number of carbonyl (C=O) groups is 1. The van der Waals surface area contributed by atoms with Gasteiger partial charge in [-0.05, 0) is 24.3 Å². The third-order valence-electron chi connectivity index (χ3n) is 3.78. The third kappa shape index (κ3) is 6.20. The number of thioether (sulfide) groups is 1. The zero-order valence-electron chi connectivity index (χ0n) is 14.0. The fourth-order valence-electron chi connectivity index (χ4n) is 2.50. The first-order chi connectivity index (χ1) is 12.1. The minimum absolute atomic E-state index is 0.0411. The van der Waals surface area contributed by atoms with Crippen LogP contribution in [-0.2, 0) is 4.79 Å². The molecule has 0 saturated carbocycles. The summed E-state index contributed by atoms with van der Waals surface area (Å²) in [6.07, 6.45) is 0.948. The Morgan fingerprint density at radius 2 is 2.00 bits per heavy atom. The molecule has 4 nitrogen and oxygen atoms in total. The number of benzene rings is 2. The number of para-hydroxylation sites is 1. The van der Waals surface area contributed by atoms with Crippen molar-refractivity contribution in [2.24, 2.45) is 0 Å². The van der Waals surface area contributed by atoms with Gasteiger partial charge in [0.25, 0.3) is 5.91 Å². The number of hydrogen-bond donors (Lipinski definition) is 2. The fraction of sp³-hybridized carbons (Fsp3) is 0.263. The van der Waals surface area contributed by atoms with E-state index in [1.54, 1.807) is 0 Å². The van der Waals surface area contributed by atoms with Gasteiger partial charge in [0.05, 0.1) is 17.5 Å². The van der Waals surface area contributed by atoms with Crippen LogP contribution in [-0.4, -0.2) is 18.2 Å². The van der Waals surface area contributed by atoms with Crippen molar-refractivity contribution in [3.05, 3.63) is 58.6 Å². The molecule has 6 heteroatoms. The molecule has 0 bridgehead atoms. The van der Waals surface area contributed by atoms with E-state index in [1.165, 1.54) is 17.3 Å². The van der Waals surface area contributed by atoms with Crippen molar-refractivity contribution in [1.82, 2.24) is 0 Å². The molecule has 0 aliphatic heterocycles. The number of anilines is 1. The van der Waals surface area contributed by atoms with Crippen LogP contribution in [0.3, 0.4) is 0 Å². The van der Waals surface area contributed by atoms with Gasteiger partial charge in [-0.25, -0.2) is 0 Å². The maximum atomic E-state index is 12.3. The van der Waals surface area contributed by atoms with Crippen molar-refractivity contribution in [2.75, 3.05) is 17.6 Å². The average molecular weight is 419 g/mol. The quantitative estimate of drug-likeness (QED) is 0.641. The zero-order valence-corrected chi connectivity index (χ0v) is 16.4. The van der Waals surface area contributed by atoms with Gasteiger partial charge in [-0.15, -0.1) is 11.8 Å². The van der Waals surface area contributed by atoms with E-state index in [9.17, 15) is 4.79 Å². The van der Waals surface area contributed by atoms with E-state index < -0.39 is 0 Å². The van der Waals surface area contributed by atoms with E-state index in [2.05, 4.69) is 51.7 Å². The Morgan fingerprint density at radius 3 is 2.68 bits per heavy atom. The molecule has 2 aromatic carbocycles. The van der Waals surface area contributed by atoms with Crippen LogP contribution < -0.4 is 10.6 Å². The van der Waals surface area contributed by atoms with Gasteiger partial charge in [-0.1, -0.05) is 47.1 Å². The topological polar surface area (TPSA) is 69.5 Å². The largest absolute Gasteiger partial charge is 0.332 e. The summed E-state index contributed by atoms with van der Waals surface area (Å²) < 4.78 is 1.05. The fourth-order valence-corrected chi connectivity index (χ4v) is 3.44. The van der Waals surface area contributed by atoms with E-state index in [0.29, 0.717) is 12.3 Å². The molecule has 2 rings (SSSR count). The van der Waals surface area contributed by atoms with Gasteiger partial charge in [0, 0.05) is 21.4 Å². The summed E-state index contributed by atoms with van der Waals surface area (Å²) in [4.78, 5) is 13.2. The van der Waals surface area contributed by atoms with Crippen LogP contribution >= 0.6 is 27.7 Å². The highest BCUT2D eigenvalue weighted by molar-refractivity contribution is 9.10. The smallest absolute Gasteiger partial charge is 0.279 e. The average Bonchev–Trinajstić information content (AvgIpc) is 2.63.